The number of nitrogens with zero attached hydrogens (tertiary/aromatic N) is 2. The molecule has 2 saturated heterocycles. The van der Waals surface area contributed by atoms with Crippen LogP contribution >= 0.6 is 11.6 Å². The monoisotopic (exact) mass is 340 g/mol. The molecule has 23 heavy (non-hydrogen) atoms. The molecule has 0 aliphatic carbocycles. The van der Waals surface area contributed by atoms with Gasteiger partial charge in [0.15, 0.2) is 0 Å². The van der Waals surface area contributed by atoms with Gasteiger partial charge in [-0.2, -0.15) is 0 Å². The Kier molecular flexibility index (Phi) is 4.90. The van der Waals surface area contributed by atoms with Gasteiger partial charge in [-0.05, 0) is 56.8 Å². The van der Waals surface area contributed by atoms with E-state index in [4.69, 9.17) is 11.6 Å². The van der Waals surface area contributed by atoms with E-state index in [-0.39, 0.29) is 29.0 Å². The van der Waals surface area contributed by atoms with Crippen LogP contribution in [0.3, 0.4) is 0 Å². The van der Waals surface area contributed by atoms with Crippen molar-refractivity contribution in [3.05, 3.63) is 29.0 Å². The lowest BCUT2D eigenvalue weighted by Crippen LogP contribution is -2.48. The number of hydrogen-bond donors (Lipinski definition) is 1. The molecular weight excluding hydrogens is 319 g/mol. The Morgan fingerprint density at radius 1 is 1.35 bits per heavy atom. The van der Waals surface area contributed by atoms with Gasteiger partial charge in [0.25, 0.3) is 0 Å². The first kappa shape index (κ1) is 16.7. The van der Waals surface area contributed by atoms with Gasteiger partial charge in [-0.15, -0.1) is 0 Å². The van der Waals surface area contributed by atoms with Crippen LogP contribution in [-0.2, 0) is 4.79 Å². The first-order valence-electron chi connectivity index (χ1n) is 8.16. The van der Waals surface area contributed by atoms with Crippen LogP contribution in [0.2, 0.25) is 5.02 Å². The van der Waals surface area contributed by atoms with E-state index in [1.165, 1.54) is 12.1 Å². The van der Waals surface area contributed by atoms with Gasteiger partial charge >= 0.3 is 0 Å². The number of carbonyl (C=O) groups is 1. The van der Waals surface area contributed by atoms with Crippen molar-refractivity contribution in [2.24, 2.45) is 5.92 Å². The Labute approximate surface area is 140 Å². The fraction of sp³-hybridized carbons (Fsp3) is 0.588. The SMILES string of the molecule is C[C@H](O)[C@@H]1CCCN([C@@H]2CCN(c3ccc(F)c(Cl)c3)C2=O)C1. The third-order valence-electron chi connectivity index (χ3n) is 5.00. The molecule has 6 heteroatoms. The number of benzene rings is 1. The van der Waals surface area contributed by atoms with Crippen LogP contribution in [0.1, 0.15) is 26.2 Å². The lowest BCUT2D eigenvalue weighted by molar-refractivity contribution is -0.122. The Morgan fingerprint density at radius 3 is 2.83 bits per heavy atom. The molecule has 126 valence electrons. The third kappa shape index (κ3) is 3.37. The number of carbonyl (C=O) groups excluding carboxylic acids is 1. The van der Waals surface area contributed by atoms with Crippen molar-refractivity contribution in [1.82, 2.24) is 4.90 Å². The second-order valence-electron chi connectivity index (χ2n) is 6.53. The van der Waals surface area contributed by atoms with Crippen LogP contribution in [-0.4, -0.2) is 47.7 Å². The molecule has 0 saturated carbocycles. The normalized spacial score (nSPS) is 27.5. The van der Waals surface area contributed by atoms with Crippen molar-refractivity contribution in [1.29, 1.82) is 0 Å². The summed E-state index contributed by atoms with van der Waals surface area (Å²) in [6.45, 7) is 4.07. The number of halogens is 2. The molecule has 2 heterocycles. The molecule has 0 radical (unpaired) electrons. The van der Waals surface area contributed by atoms with E-state index in [2.05, 4.69) is 4.90 Å². The molecule has 4 nitrogen and oxygen atoms in total. The van der Waals surface area contributed by atoms with E-state index in [9.17, 15) is 14.3 Å². The van der Waals surface area contributed by atoms with Crippen LogP contribution in [0.4, 0.5) is 10.1 Å². The Balaban J connectivity index is 1.72. The lowest BCUT2D eigenvalue weighted by Gasteiger charge is -2.37. The summed E-state index contributed by atoms with van der Waals surface area (Å²) in [5, 5.41) is 9.85. The number of aliphatic hydroxyl groups excluding tert-OH is 1. The maximum Gasteiger partial charge on any atom is 0.244 e. The predicted octanol–water partition coefficient (Wildman–Crippen LogP) is 2.68. The summed E-state index contributed by atoms with van der Waals surface area (Å²) in [5.74, 6) is -0.209. The number of anilines is 1. The van der Waals surface area contributed by atoms with Gasteiger partial charge in [0.1, 0.15) is 5.82 Å². The van der Waals surface area contributed by atoms with Gasteiger partial charge in [-0.25, -0.2) is 4.39 Å². The summed E-state index contributed by atoms with van der Waals surface area (Å²) < 4.78 is 13.3. The van der Waals surface area contributed by atoms with Gasteiger partial charge < -0.3 is 10.0 Å². The molecule has 1 aromatic carbocycles. The summed E-state index contributed by atoms with van der Waals surface area (Å²) >= 11 is 5.83. The highest BCUT2D eigenvalue weighted by Crippen LogP contribution is 2.30. The fourth-order valence-electron chi connectivity index (χ4n) is 3.63. The first-order valence-corrected chi connectivity index (χ1v) is 8.53. The Morgan fingerprint density at radius 2 is 2.13 bits per heavy atom. The van der Waals surface area contributed by atoms with E-state index in [1.54, 1.807) is 11.0 Å². The van der Waals surface area contributed by atoms with E-state index in [0.717, 1.165) is 32.4 Å². The quantitative estimate of drug-likeness (QED) is 0.920. The highest BCUT2D eigenvalue weighted by Gasteiger charge is 2.39. The number of hydrogen-bond acceptors (Lipinski definition) is 3. The zero-order valence-corrected chi connectivity index (χ0v) is 14.0. The minimum Gasteiger partial charge on any atom is -0.393 e. The molecule has 0 spiro atoms. The second kappa shape index (κ2) is 6.75. The zero-order valence-electron chi connectivity index (χ0n) is 13.2. The van der Waals surface area contributed by atoms with Gasteiger partial charge in [0, 0.05) is 18.8 Å². The van der Waals surface area contributed by atoms with Crippen LogP contribution in [0.5, 0.6) is 0 Å². The van der Waals surface area contributed by atoms with Crippen LogP contribution in [0, 0.1) is 11.7 Å². The summed E-state index contributed by atoms with van der Waals surface area (Å²) in [6.07, 6.45) is 2.41. The number of likely N-dealkylation sites (tertiary alicyclic amines) is 1. The molecular formula is C17H22ClFN2O2. The molecule has 3 atom stereocenters. The van der Waals surface area contributed by atoms with Crippen molar-refractivity contribution >= 4 is 23.2 Å². The zero-order chi connectivity index (χ0) is 16.6. The maximum atomic E-state index is 13.3. The summed E-state index contributed by atoms with van der Waals surface area (Å²) in [6, 6.07) is 4.24. The van der Waals surface area contributed by atoms with Gasteiger partial charge in [0.2, 0.25) is 5.91 Å². The van der Waals surface area contributed by atoms with Crippen LogP contribution in [0.25, 0.3) is 0 Å². The minimum absolute atomic E-state index is 0.0332. The van der Waals surface area contributed by atoms with Crippen molar-refractivity contribution in [3.63, 3.8) is 0 Å². The van der Waals surface area contributed by atoms with Crippen LogP contribution in [0.15, 0.2) is 18.2 Å². The molecule has 3 rings (SSSR count). The molecule has 2 aliphatic rings. The standard InChI is InChI=1S/C17H22ClFN2O2/c1-11(22)12-3-2-7-20(10-12)16-6-8-21(17(16)23)13-4-5-15(19)14(18)9-13/h4-5,9,11-12,16,22H,2-3,6-8,10H2,1H3/t11-,12+,16+/m0/s1. The Bertz CT molecular complexity index is 596. The van der Waals surface area contributed by atoms with Crippen molar-refractivity contribution < 1.29 is 14.3 Å². The molecule has 2 aliphatic heterocycles. The highest BCUT2D eigenvalue weighted by atomic mass is 35.5. The average molecular weight is 341 g/mol. The highest BCUT2D eigenvalue weighted by molar-refractivity contribution is 6.31. The number of amides is 1. The van der Waals surface area contributed by atoms with E-state index in [0.29, 0.717) is 12.2 Å². The average Bonchev–Trinajstić information content (AvgIpc) is 2.92. The number of piperidine rings is 1. The van der Waals surface area contributed by atoms with Gasteiger partial charge in [-0.1, -0.05) is 11.6 Å². The maximum absolute atomic E-state index is 13.3. The largest absolute Gasteiger partial charge is 0.393 e. The topological polar surface area (TPSA) is 43.8 Å². The lowest BCUT2D eigenvalue weighted by atomic mass is 9.92. The summed E-state index contributed by atoms with van der Waals surface area (Å²) in [5.41, 5.74) is 0.646. The van der Waals surface area contributed by atoms with Crippen LogP contribution < -0.4 is 4.90 Å². The smallest absolute Gasteiger partial charge is 0.244 e. The Hall–Kier alpha value is -1.17. The molecule has 2 fully saturated rings. The van der Waals surface area contributed by atoms with Gasteiger partial charge in [-0.3, -0.25) is 9.69 Å². The van der Waals surface area contributed by atoms with E-state index >= 15 is 0 Å². The molecule has 1 N–H and O–H groups in total. The van der Waals surface area contributed by atoms with Gasteiger partial charge in [0.05, 0.1) is 17.2 Å². The minimum atomic E-state index is -0.477. The summed E-state index contributed by atoms with van der Waals surface area (Å²) in [4.78, 5) is 16.6. The molecule has 1 aromatic rings. The number of rotatable bonds is 3. The summed E-state index contributed by atoms with van der Waals surface area (Å²) in [7, 11) is 0. The molecule has 0 unspecified atom stereocenters. The fourth-order valence-corrected chi connectivity index (χ4v) is 3.80. The second-order valence-corrected chi connectivity index (χ2v) is 6.94. The molecule has 0 bridgehead atoms. The van der Waals surface area contributed by atoms with E-state index < -0.39 is 5.82 Å². The molecule has 1 amide bonds. The molecule has 0 aromatic heterocycles. The van der Waals surface area contributed by atoms with Crippen molar-refractivity contribution in [2.45, 2.75) is 38.3 Å². The van der Waals surface area contributed by atoms with Crippen molar-refractivity contribution in [2.75, 3.05) is 24.5 Å². The van der Waals surface area contributed by atoms with E-state index in [1.807, 2.05) is 6.92 Å². The number of aliphatic hydroxyl groups is 1. The van der Waals surface area contributed by atoms with Crippen molar-refractivity contribution in [3.8, 4) is 0 Å². The third-order valence-corrected chi connectivity index (χ3v) is 5.29. The first-order chi connectivity index (χ1) is 11.0. The predicted molar refractivity (Wildman–Crippen MR) is 88.1 cm³/mol.